The maximum Gasteiger partial charge on any atom is 0.274 e. The summed E-state index contributed by atoms with van der Waals surface area (Å²) in [7, 11) is 0. The van der Waals surface area contributed by atoms with Crippen LogP contribution in [0.15, 0.2) is 16.4 Å². The van der Waals surface area contributed by atoms with Crippen LogP contribution < -0.4 is 10.6 Å². The van der Waals surface area contributed by atoms with E-state index in [0.29, 0.717) is 17.5 Å². The van der Waals surface area contributed by atoms with Crippen LogP contribution in [0.5, 0.6) is 0 Å². The number of carbonyl (C=O) groups excluding carboxylic acids is 1. The van der Waals surface area contributed by atoms with E-state index >= 15 is 0 Å². The molecule has 0 fully saturated rings. The molecule has 1 amide bonds. The van der Waals surface area contributed by atoms with Crippen molar-refractivity contribution in [2.45, 2.75) is 32.3 Å². The van der Waals surface area contributed by atoms with Crippen molar-refractivity contribution >= 4 is 23.7 Å². The summed E-state index contributed by atoms with van der Waals surface area (Å²) < 4.78 is 0. The van der Waals surface area contributed by atoms with Crippen LogP contribution in [0.2, 0.25) is 0 Å². The van der Waals surface area contributed by atoms with Gasteiger partial charge in [0, 0.05) is 11.9 Å². The van der Waals surface area contributed by atoms with Crippen LogP contribution in [0, 0.1) is 11.8 Å². The van der Waals surface area contributed by atoms with Crippen LogP contribution in [0.3, 0.4) is 0 Å². The van der Waals surface area contributed by atoms with E-state index in [-0.39, 0.29) is 5.91 Å². The van der Waals surface area contributed by atoms with E-state index in [0.717, 1.165) is 18.5 Å². The average Bonchev–Trinajstić information content (AvgIpc) is 2.39. The van der Waals surface area contributed by atoms with Crippen molar-refractivity contribution < 1.29 is 4.79 Å². The van der Waals surface area contributed by atoms with Gasteiger partial charge in [-0.25, -0.2) is 0 Å². The molecule has 0 saturated heterocycles. The number of alkyl halides is 1. The molecule has 5 heteroatoms. The standard InChI is InChI=1S/C11H16ClN3O/c1-6(2)7-3-4-8-9(13-5-7)10(16)15-11(12)14-8/h5-7,11,14H,3-4H2,1-2H3,(H,15,16). The van der Waals surface area contributed by atoms with Crippen molar-refractivity contribution in [2.75, 3.05) is 0 Å². The molecule has 0 aromatic heterocycles. The van der Waals surface area contributed by atoms with Gasteiger partial charge in [-0.05, 0) is 24.7 Å². The molecule has 0 saturated carbocycles. The number of aliphatic imine (C=N–C) groups is 1. The molecular weight excluding hydrogens is 226 g/mol. The molecule has 2 atom stereocenters. The molecule has 0 radical (unpaired) electrons. The highest BCUT2D eigenvalue weighted by molar-refractivity contribution is 6.22. The Morgan fingerprint density at radius 1 is 1.50 bits per heavy atom. The lowest BCUT2D eigenvalue weighted by molar-refractivity contribution is -0.118. The van der Waals surface area contributed by atoms with Crippen molar-refractivity contribution in [1.82, 2.24) is 10.6 Å². The lowest BCUT2D eigenvalue weighted by Crippen LogP contribution is -2.46. The van der Waals surface area contributed by atoms with E-state index in [1.165, 1.54) is 0 Å². The van der Waals surface area contributed by atoms with Gasteiger partial charge in [0.15, 0.2) is 5.62 Å². The van der Waals surface area contributed by atoms with E-state index in [4.69, 9.17) is 11.6 Å². The minimum Gasteiger partial charge on any atom is -0.354 e. The number of halogens is 1. The molecule has 0 aliphatic carbocycles. The fourth-order valence-corrected chi connectivity index (χ4v) is 2.20. The largest absolute Gasteiger partial charge is 0.354 e. The number of amides is 1. The molecule has 2 unspecified atom stereocenters. The Labute approximate surface area is 100 Å². The molecule has 0 aromatic carbocycles. The Morgan fingerprint density at radius 2 is 2.25 bits per heavy atom. The highest BCUT2D eigenvalue weighted by atomic mass is 35.5. The van der Waals surface area contributed by atoms with Crippen molar-refractivity contribution in [3.63, 3.8) is 0 Å². The number of carbonyl (C=O) groups is 1. The van der Waals surface area contributed by atoms with Gasteiger partial charge in [-0.15, -0.1) is 0 Å². The second kappa shape index (κ2) is 4.45. The summed E-state index contributed by atoms with van der Waals surface area (Å²) in [6.07, 6.45) is 3.72. The Hall–Kier alpha value is -1.03. The first-order valence-corrected chi connectivity index (χ1v) is 6.00. The monoisotopic (exact) mass is 241 g/mol. The van der Waals surface area contributed by atoms with E-state index in [9.17, 15) is 4.79 Å². The zero-order valence-electron chi connectivity index (χ0n) is 9.46. The van der Waals surface area contributed by atoms with Gasteiger partial charge >= 0.3 is 0 Å². The SMILES string of the molecule is CC(C)C1C=NC2=C(CC1)NC(Cl)NC2=O. The molecule has 2 aliphatic rings. The molecule has 2 heterocycles. The van der Waals surface area contributed by atoms with Gasteiger partial charge in [-0.2, -0.15) is 0 Å². The Morgan fingerprint density at radius 3 is 2.94 bits per heavy atom. The van der Waals surface area contributed by atoms with Crippen LogP contribution >= 0.6 is 11.6 Å². The minimum atomic E-state index is -0.517. The summed E-state index contributed by atoms with van der Waals surface area (Å²) in [5, 5.41) is 5.64. The van der Waals surface area contributed by atoms with Crippen molar-refractivity contribution in [3.05, 3.63) is 11.4 Å². The molecule has 0 spiro atoms. The average molecular weight is 242 g/mol. The van der Waals surface area contributed by atoms with Gasteiger partial charge in [0.2, 0.25) is 0 Å². The van der Waals surface area contributed by atoms with Crippen LogP contribution in [-0.4, -0.2) is 17.7 Å². The molecule has 2 aliphatic heterocycles. The summed E-state index contributed by atoms with van der Waals surface area (Å²) in [4.78, 5) is 15.9. The zero-order valence-corrected chi connectivity index (χ0v) is 10.2. The quantitative estimate of drug-likeness (QED) is 0.541. The molecule has 0 aromatic rings. The van der Waals surface area contributed by atoms with Crippen molar-refractivity contribution in [1.29, 1.82) is 0 Å². The first-order valence-electron chi connectivity index (χ1n) is 5.56. The Balaban J connectivity index is 2.21. The first-order chi connectivity index (χ1) is 7.58. The second-order valence-electron chi connectivity index (χ2n) is 4.53. The predicted octanol–water partition coefficient (Wildman–Crippen LogP) is 1.58. The van der Waals surface area contributed by atoms with Gasteiger partial charge in [0.25, 0.3) is 5.91 Å². The molecule has 4 nitrogen and oxygen atoms in total. The van der Waals surface area contributed by atoms with Crippen LogP contribution in [-0.2, 0) is 4.79 Å². The van der Waals surface area contributed by atoms with Gasteiger partial charge in [-0.1, -0.05) is 25.4 Å². The van der Waals surface area contributed by atoms with Crippen LogP contribution in [0.4, 0.5) is 0 Å². The third-order valence-electron chi connectivity index (χ3n) is 3.04. The van der Waals surface area contributed by atoms with E-state index in [1.54, 1.807) is 0 Å². The molecule has 0 bridgehead atoms. The third kappa shape index (κ3) is 2.21. The predicted molar refractivity (Wildman–Crippen MR) is 64.0 cm³/mol. The highest BCUT2D eigenvalue weighted by Crippen LogP contribution is 2.25. The summed E-state index contributed by atoms with van der Waals surface area (Å²) in [6.45, 7) is 4.33. The first kappa shape index (κ1) is 11.5. The maximum absolute atomic E-state index is 11.7. The summed E-state index contributed by atoms with van der Waals surface area (Å²) in [5.74, 6) is 0.781. The molecule has 16 heavy (non-hydrogen) atoms. The fraction of sp³-hybridized carbons (Fsp3) is 0.636. The minimum absolute atomic E-state index is 0.186. The Bertz CT molecular complexity index is 362. The van der Waals surface area contributed by atoms with E-state index in [1.807, 2.05) is 6.21 Å². The lowest BCUT2D eigenvalue weighted by Gasteiger charge is -2.23. The number of hydrogen-bond acceptors (Lipinski definition) is 3. The summed E-state index contributed by atoms with van der Waals surface area (Å²) >= 11 is 5.85. The highest BCUT2D eigenvalue weighted by Gasteiger charge is 2.27. The van der Waals surface area contributed by atoms with Gasteiger partial charge in [0.1, 0.15) is 5.70 Å². The number of nitrogens with zero attached hydrogens (tertiary/aromatic N) is 1. The van der Waals surface area contributed by atoms with Crippen LogP contribution in [0.1, 0.15) is 26.7 Å². The zero-order chi connectivity index (χ0) is 11.7. The maximum atomic E-state index is 11.7. The molecule has 2 rings (SSSR count). The second-order valence-corrected chi connectivity index (χ2v) is 4.97. The molecule has 88 valence electrons. The van der Waals surface area contributed by atoms with Gasteiger partial charge in [0.05, 0.1) is 0 Å². The topological polar surface area (TPSA) is 53.5 Å². The number of nitrogens with one attached hydrogen (secondary N) is 2. The van der Waals surface area contributed by atoms with Crippen molar-refractivity contribution in [3.8, 4) is 0 Å². The van der Waals surface area contributed by atoms with Gasteiger partial charge < -0.3 is 10.6 Å². The summed E-state index contributed by atoms with van der Waals surface area (Å²) in [5.41, 5.74) is 0.834. The number of hydrogen-bond donors (Lipinski definition) is 2. The third-order valence-corrected chi connectivity index (χ3v) is 3.26. The fourth-order valence-electron chi connectivity index (χ4n) is 1.97. The Kier molecular flexibility index (Phi) is 3.19. The normalized spacial score (nSPS) is 29.6. The number of allylic oxidation sites excluding steroid dienone is 1. The van der Waals surface area contributed by atoms with Crippen molar-refractivity contribution in [2.24, 2.45) is 16.8 Å². The van der Waals surface area contributed by atoms with E-state index in [2.05, 4.69) is 29.5 Å². The molecule has 2 N–H and O–H groups in total. The lowest BCUT2D eigenvalue weighted by atomic mass is 9.92. The smallest absolute Gasteiger partial charge is 0.274 e. The summed E-state index contributed by atoms with van der Waals surface area (Å²) in [6, 6.07) is 0. The van der Waals surface area contributed by atoms with E-state index < -0.39 is 5.62 Å². The van der Waals surface area contributed by atoms with Gasteiger partial charge in [-0.3, -0.25) is 9.79 Å². The number of rotatable bonds is 1. The molecular formula is C11H16ClN3O. The van der Waals surface area contributed by atoms with Crippen LogP contribution in [0.25, 0.3) is 0 Å².